The highest BCUT2D eigenvalue weighted by atomic mass is 16.5. The Hall–Kier alpha value is -7.84. The number of nitrogens with zero attached hydrogens (tertiary/aromatic N) is 8. The van der Waals surface area contributed by atoms with Gasteiger partial charge in [-0.1, -0.05) is 129 Å². The van der Waals surface area contributed by atoms with Crippen LogP contribution in [0.5, 0.6) is 0 Å². The fraction of sp³-hybridized carbons (Fsp3) is 0.667. The van der Waals surface area contributed by atoms with E-state index in [4.69, 9.17) is 10.5 Å². The first-order valence-corrected chi connectivity index (χ1v) is 35.0. The summed E-state index contributed by atoms with van der Waals surface area (Å²) in [6.45, 7) is 19.7. The van der Waals surface area contributed by atoms with E-state index in [1.54, 1.807) is 86.3 Å². The van der Waals surface area contributed by atoms with Crippen LogP contribution in [-0.4, -0.2) is 257 Å². The number of hydrogen-bond donors (Lipinski definition) is 5. The zero-order valence-corrected chi connectivity index (χ0v) is 61.2. The van der Waals surface area contributed by atoms with Crippen molar-refractivity contribution in [3.05, 3.63) is 71.8 Å². The van der Waals surface area contributed by atoms with Gasteiger partial charge in [0.15, 0.2) is 6.04 Å². The molecule has 1 fully saturated rings. The fourth-order valence-corrected chi connectivity index (χ4v) is 12.0. The first kappa shape index (κ1) is 84.4. The maximum atomic E-state index is 15.3. The molecule has 12 amide bonds. The molecule has 0 aromatic heterocycles. The standard InChI is InChI=1S/C72H116N12O14/c1-17-21-37-84(72(97)77(12)53(46-85)40-47(5)6)71(96)62(50(11)86)76-60(87)45-83(38-39-98-20-4)68(93)59(44-52-33-27-23-28-34-52)81(16)65(90)54(18-2)74-64(89)57(43-51-31-25-22-26-32-51)79(14)67(92)58(42-49(9)10)80(15)66(91)55(41-48(7)8)75-63(88)56(19-3)78(13)69(94)61(73)70(95)82-35-29-24-30-36-82/h22-23,25-28,31-34,46-50,53-59,61-62,86H,17-21,24,29-30,35-45,73H2,1-16H3,(H,74,89)(H,75,88)(H,76,87)/t50-,53+,54?,55+,56+,57+,58+,59+,61+,62?/m1/s1. The Morgan fingerprint density at radius 1 is 0.561 bits per heavy atom. The first-order chi connectivity index (χ1) is 46.3. The van der Waals surface area contributed by atoms with Gasteiger partial charge < -0.3 is 70.6 Å². The molecule has 26 heteroatoms. The summed E-state index contributed by atoms with van der Waals surface area (Å²) >= 11 is 0. The quantitative estimate of drug-likeness (QED) is 0.0357. The molecule has 1 aliphatic heterocycles. The predicted molar refractivity (Wildman–Crippen MR) is 374 cm³/mol. The Balaban J connectivity index is 2.04. The van der Waals surface area contributed by atoms with E-state index in [1.807, 2.05) is 48.5 Å². The van der Waals surface area contributed by atoms with Crippen LogP contribution in [0.4, 0.5) is 4.79 Å². The Labute approximate surface area is 581 Å². The molecule has 0 spiro atoms. The summed E-state index contributed by atoms with van der Waals surface area (Å²) in [6, 6.07) is 5.48. The van der Waals surface area contributed by atoms with E-state index in [1.165, 1.54) is 66.7 Å². The molecule has 2 unspecified atom stereocenters. The Kier molecular flexibility index (Phi) is 36.3. The SMILES string of the molecule is CCCCN(C(=O)C(NC(=O)CN(CCOCC)C(=O)[C@H](Cc1ccccc1)N(C)C(=O)C(CC)NC(=O)[C@H](Cc1ccccc1)N(C)C(=O)[C@H](CC(C)C)N(C)C(=O)[C@H](CC(C)C)NC(=O)[C@H](CC)N(C)C(=O)[C@H](N)C(=O)N1CCCCC1)[C@@H](C)O)C(=O)N(C)[C@H](C=O)CC(C)C. The Bertz CT molecular complexity index is 2910. The summed E-state index contributed by atoms with van der Waals surface area (Å²) in [6.07, 6.45) is 3.21. The molecule has 3 rings (SSSR count). The second kappa shape index (κ2) is 42.2. The number of likely N-dealkylation sites (N-methyl/N-ethyl adjacent to an activating group) is 5. The average molecular weight is 1370 g/mol. The van der Waals surface area contributed by atoms with Crippen molar-refractivity contribution >= 4 is 71.4 Å². The predicted octanol–water partition coefficient (Wildman–Crippen LogP) is 4.03. The van der Waals surface area contributed by atoms with Crippen LogP contribution in [0.2, 0.25) is 0 Å². The minimum absolute atomic E-state index is 0.00570. The molecule has 1 aliphatic rings. The number of aldehydes is 1. The van der Waals surface area contributed by atoms with Crippen molar-refractivity contribution < 1.29 is 67.4 Å². The van der Waals surface area contributed by atoms with Crippen LogP contribution in [0.25, 0.3) is 0 Å². The van der Waals surface area contributed by atoms with Gasteiger partial charge in [0.1, 0.15) is 48.6 Å². The largest absolute Gasteiger partial charge is 0.391 e. The van der Waals surface area contributed by atoms with E-state index < -0.39 is 132 Å². The topological polar surface area (TPSA) is 322 Å². The number of aliphatic hydroxyl groups is 1. The number of benzene rings is 2. The highest BCUT2D eigenvalue weighted by Crippen LogP contribution is 2.22. The third kappa shape index (κ3) is 25.2. The number of imide groups is 1. The van der Waals surface area contributed by atoms with Crippen LogP contribution >= 0.6 is 0 Å². The molecule has 2 aromatic rings. The lowest BCUT2D eigenvalue weighted by molar-refractivity contribution is -0.151. The number of aliphatic hydroxyl groups excluding tert-OH is 1. The molecular formula is C72H116N12O14. The summed E-state index contributed by atoms with van der Waals surface area (Å²) in [4.78, 5) is 182. The minimum Gasteiger partial charge on any atom is -0.391 e. The molecule has 0 radical (unpaired) electrons. The third-order valence-corrected chi connectivity index (χ3v) is 17.9. The second-order valence-corrected chi connectivity index (χ2v) is 27.1. The van der Waals surface area contributed by atoms with Gasteiger partial charge in [0.25, 0.3) is 5.91 Å². The molecule has 1 saturated heterocycles. The summed E-state index contributed by atoms with van der Waals surface area (Å²) in [5.74, 6) is -7.39. The van der Waals surface area contributed by atoms with Gasteiger partial charge >= 0.3 is 6.03 Å². The van der Waals surface area contributed by atoms with Gasteiger partial charge in [-0.25, -0.2) is 4.79 Å². The van der Waals surface area contributed by atoms with Crippen LogP contribution in [0.15, 0.2) is 60.7 Å². The Morgan fingerprint density at radius 3 is 1.56 bits per heavy atom. The van der Waals surface area contributed by atoms with Crippen LogP contribution < -0.4 is 21.7 Å². The van der Waals surface area contributed by atoms with Crippen molar-refractivity contribution in [2.45, 2.75) is 214 Å². The van der Waals surface area contributed by atoms with Gasteiger partial charge in [-0.05, 0) is 101 Å². The number of nitrogens with two attached hydrogens (primary N) is 1. The number of hydrogen-bond acceptors (Lipinski definition) is 15. The number of unbranched alkanes of at least 4 members (excludes halogenated alkanes) is 1. The normalized spacial score (nSPS) is 15.4. The van der Waals surface area contributed by atoms with Crippen molar-refractivity contribution in [1.29, 1.82) is 0 Å². The van der Waals surface area contributed by atoms with Gasteiger partial charge in [-0.2, -0.15) is 0 Å². The summed E-state index contributed by atoms with van der Waals surface area (Å²) in [5, 5.41) is 19.4. The summed E-state index contributed by atoms with van der Waals surface area (Å²) in [5.41, 5.74) is 7.54. The molecule has 0 bridgehead atoms. The molecular weight excluding hydrogens is 1260 g/mol. The zero-order chi connectivity index (χ0) is 73.7. The van der Waals surface area contributed by atoms with E-state index in [0.717, 1.165) is 29.1 Å². The minimum atomic E-state index is -1.67. The first-order valence-electron chi connectivity index (χ1n) is 35.0. The van der Waals surface area contributed by atoms with Crippen molar-refractivity contribution in [3.63, 3.8) is 0 Å². The van der Waals surface area contributed by atoms with Gasteiger partial charge in [-0.3, -0.25) is 52.8 Å². The number of ether oxygens (including phenoxy) is 1. The number of piperidine rings is 1. The highest BCUT2D eigenvalue weighted by Gasteiger charge is 2.43. The number of amides is 12. The van der Waals surface area contributed by atoms with Crippen molar-refractivity contribution in [3.8, 4) is 0 Å². The maximum absolute atomic E-state index is 15.3. The Morgan fingerprint density at radius 2 is 1.06 bits per heavy atom. The van der Waals surface area contributed by atoms with E-state index in [-0.39, 0.29) is 82.6 Å². The fourth-order valence-electron chi connectivity index (χ4n) is 12.0. The van der Waals surface area contributed by atoms with Crippen LogP contribution in [0.3, 0.4) is 0 Å². The van der Waals surface area contributed by atoms with Gasteiger partial charge in [0.05, 0.1) is 25.3 Å². The number of likely N-dealkylation sites (tertiary alicyclic amines) is 1. The zero-order valence-electron chi connectivity index (χ0n) is 61.2. The van der Waals surface area contributed by atoms with Gasteiger partial charge in [0, 0.05) is 80.9 Å². The number of nitrogens with one attached hydrogen (secondary N) is 3. The number of urea groups is 1. The molecule has 98 heavy (non-hydrogen) atoms. The van der Waals surface area contributed by atoms with Crippen LogP contribution in [0.1, 0.15) is 151 Å². The second-order valence-electron chi connectivity index (χ2n) is 27.1. The van der Waals surface area contributed by atoms with Crippen LogP contribution in [0, 0.1) is 17.8 Å². The summed E-state index contributed by atoms with van der Waals surface area (Å²) in [7, 11) is 7.12. The highest BCUT2D eigenvalue weighted by molar-refractivity contribution is 6.06. The molecule has 10 atom stereocenters. The lowest BCUT2D eigenvalue weighted by atomic mass is 9.96. The average Bonchev–Trinajstić information content (AvgIpc) is 0.827. The molecule has 0 aliphatic carbocycles. The number of rotatable bonds is 40. The van der Waals surface area contributed by atoms with Crippen LogP contribution in [-0.2, 0) is 70.3 Å². The van der Waals surface area contributed by atoms with Crippen molar-refractivity contribution in [2.75, 3.05) is 81.2 Å². The molecule has 26 nitrogen and oxygen atoms in total. The van der Waals surface area contributed by atoms with E-state index in [2.05, 4.69) is 16.0 Å². The van der Waals surface area contributed by atoms with E-state index >= 15 is 19.2 Å². The molecule has 0 saturated carbocycles. The van der Waals surface area contributed by atoms with Gasteiger partial charge in [-0.15, -0.1) is 0 Å². The number of carbonyl (C=O) groups excluding carboxylic acids is 12. The smallest absolute Gasteiger partial charge is 0.327 e. The monoisotopic (exact) mass is 1370 g/mol. The maximum Gasteiger partial charge on any atom is 0.327 e. The third-order valence-electron chi connectivity index (χ3n) is 17.9. The molecule has 1 heterocycles. The summed E-state index contributed by atoms with van der Waals surface area (Å²) < 4.78 is 5.67. The van der Waals surface area contributed by atoms with E-state index in [9.17, 15) is 43.5 Å². The van der Waals surface area contributed by atoms with Crippen molar-refractivity contribution in [1.82, 2.24) is 55.1 Å². The lowest BCUT2D eigenvalue weighted by Gasteiger charge is -2.38. The van der Waals surface area contributed by atoms with Gasteiger partial charge in [0.2, 0.25) is 53.2 Å². The molecule has 548 valence electrons. The molecule has 6 N–H and O–H groups in total. The molecule has 2 aromatic carbocycles. The lowest BCUT2D eigenvalue weighted by Crippen LogP contribution is -2.61. The number of carbonyl (C=O) groups is 12. The van der Waals surface area contributed by atoms with E-state index in [0.29, 0.717) is 49.8 Å². The van der Waals surface area contributed by atoms with Crippen molar-refractivity contribution in [2.24, 2.45) is 23.5 Å².